The number of aryl methyl sites for hydroxylation is 1. The van der Waals surface area contributed by atoms with E-state index in [9.17, 15) is 8.42 Å². The van der Waals surface area contributed by atoms with Crippen LogP contribution in [0.3, 0.4) is 0 Å². The van der Waals surface area contributed by atoms with Crippen LogP contribution >= 0.6 is 0 Å². The van der Waals surface area contributed by atoms with Gasteiger partial charge in [-0.25, -0.2) is 17.8 Å². The molecule has 0 unspecified atom stereocenters. The van der Waals surface area contributed by atoms with E-state index in [1.165, 1.54) is 0 Å². The number of nitrogens with one attached hydrogen (secondary N) is 1. The summed E-state index contributed by atoms with van der Waals surface area (Å²) in [4.78, 5) is 0. The molecule has 22 heavy (non-hydrogen) atoms. The zero-order chi connectivity index (χ0) is 15.6. The molecule has 3 rings (SSSR count). The molecule has 0 radical (unpaired) electrons. The first-order valence-electron chi connectivity index (χ1n) is 7.82. The number of hydrogen-bond acceptors (Lipinski definition) is 4. The summed E-state index contributed by atoms with van der Waals surface area (Å²) in [6.45, 7) is 2.54. The van der Waals surface area contributed by atoms with Crippen molar-refractivity contribution in [3.63, 3.8) is 0 Å². The highest BCUT2D eigenvalue weighted by atomic mass is 32.2. The second kappa shape index (κ2) is 6.34. The van der Waals surface area contributed by atoms with E-state index in [0.29, 0.717) is 12.5 Å². The van der Waals surface area contributed by atoms with Crippen molar-refractivity contribution >= 4 is 21.1 Å². The molecule has 6 nitrogen and oxygen atoms in total. The summed E-state index contributed by atoms with van der Waals surface area (Å²) in [6.07, 6.45) is 4.07. The first-order chi connectivity index (χ1) is 10.5. The van der Waals surface area contributed by atoms with Crippen molar-refractivity contribution < 1.29 is 8.42 Å². The van der Waals surface area contributed by atoms with Crippen molar-refractivity contribution in [1.29, 1.82) is 0 Å². The Bertz CT molecular complexity index is 733. The summed E-state index contributed by atoms with van der Waals surface area (Å²) < 4.78 is 29.0. The maximum absolute atomic E-state index is 12.2. The fourth-order valence-electron chi connectivity index (χ4n) is 2.98. The summed E-state index contributed by atoms with van der Waals surface area (Å²) in [5.41, 5.74) is 1.65. The molecule has 7 heteroatoms. The first-order valence-corrected chi connectivity index (χ1v) is 9.47. The van der Waals surface area contributed by atoms with Crippen LogP contribution in [-0.4, -0.2) is 35.2 Å². The molecule has 1 heterocycles. The molecule has 2 aromatic rings. The number of hydrogen-bond donors (Lipinski definition) is 1. The molecule has 1 aromatic heterocycles. The Hall–Kier alpha value is -1.47. The van der Waals surface area contributed by atoms with E-state index in [-0.39, 0.29) is 11.8 Å². The molecule has 1 fully saturated rings. The van der Waals surface area contributed by atoms with Crippen LogP contribution in [0.15, 0.2) is 24.3 Å². The Kier molecular flexibility index (Phi) is 4.44. The second-order valence-electron chi connectivity index (χ2n) is 6.19. The highest BCUT2D eigenvalue weighted by molar-refractivity contribution is 7.89. The van der Waals surface area contributed by atoms with Gasteiger partial charge in [0.15, 0.2) is 0 Å². The zero-order valence-electron chi connectivity index (χ0n) is 12.8. The van der Waals surface area contributed by atoms with Crippen molar-refractivity contribution in [2.75, 3.05) is 5.75 Å². The van der Waals surface area contributed by atoms with E-state index in [1.54, 1.807) is 4.68 Å². The molecule has 0 saturated heterocycles. The van der Waals surface area contributed by atoms with Crippen LogP contribution in [0.4, 0.5) is 0 Å². The average Bonchev–Trinajstić information content (AvgIpc) is 2.91. The lowest BCUT2D eigenvalue weighted by Gasteiger charge is -2.26. The third kappa shape index (κ3) is 3.64. The van der Waals surface area contributed by atoms with Gasteiger partial charge in [0.25, 0.3) is 0 Å². The summed E-state index contributed by atoms with van der Waals surface area (Å²) in [5, 5.41) is 8.07. The quantitative estimate of drug-likeness (QED) is 0.912. The third-order valence-corrected chi connectivity index (χ3v) is 5.77. The van der Waals surface area contributed by atoms with Crippen LogP contribution in [0.25, 0.3) is 11.0 Å². The molecule has 0 bridgehead atoms. The number of fused-ring (bicyclic) bond motifs is 1. The van der Waals surface area contributed by atoms with Crippen LogP contribution in [0.5, 0.6) is 0 Å². The number of nitrogens with zero attached hydrogens (tertiary/aromatic N) is 3. The van der Waals surface area contributed by atoms with Crippen molar-refractivity contribution in [2.24, 2.45) is 5.92 Å². The van der Waals surface area contributed by atoms with Crippen LogP contribution in [-0.2, 0) is 16.6 Å². The van der Waals surface area contributed by atoms with Gasteiger partial charge in [-0.1, -0.05) is 24.3 Å². The van der Waals surface area contributed by atoms with E-state index >= 15 is 0 Å². The minimum absolute atomic E-state index is 0.0341. The maximum atomic E-state index is 12.2. The summed E-state index contributed by atoms with van der Waals surface area (Å²) in [7, 11) is -3.28. The standard InChI is InChI=1S/C15H22N4O2S/c1-12-6-8-13(9-7-12)17-22(20,21)11-10-19-15-5-3-2-4-14(15)16-18-19/h2-5,12-13,17H,6-11H2,1H3. The summed E-state index contributed by atoms with van der Waals surface area (Å²) >= 11 is 0. The van der Waals surface area contributed by atoms with Gasteiger partial charge in [0.2, 0.25) is 10.0 Å². The summed E-state index contributed by atoms with van der Waals surface area (Å²) in [6, 6.07) is 7.66. The lowest BCUT2D eigenvalue weighted by atomic mass is 9.88. The fraction of sp³-hybridized carbons (Fsp3) is 0.600. The Labute approximate surface area is 130 Å². The normalized spacial score (nSPS) is 23.0. The van der Waals surface area contributed by atoms with Gasteiger partial charge in [0.1, 0.15) is 5.52 Å². The van der Waals surface area contributed by atoms with Gasteiger partial charge >= 0.3 is 0 Å². The Morgan fingerprint density at radius 1 is 1.23 bits per heavy atom. The lowest BCUT2D eigenvalue weighted by Crippen LogP contribution is -2.39. The second-order valence-corrected chi connectivity index (χ2v) is 8.07. The van der Waals surface area contributed by atoms with E-state index in [1.807, 2.05) is 24.3 Å². The predicted molar refractivity (Wildman–Crippen MR) is 85.9 cm³/mol. The van der Waals surface area contributed by atoms with Crippen molar-refractivity contribution in [2.45, 2.75) is 45.2 Å². The highest BCUT2D eigenvalue weighted by Gasteiger charge is 2.23. The number of rotatable bonds is 5. The number of aromatic nitrogens is 3. The highest BCUT2D eigenvalue weighted by Crippen LogP contribution is 2.23. The first kappa shape index (κ1) is 15.4. The number of benzene rings is 1. The molecule has 0 aliphatic heterocycles. The van der Waals surface area contributed by atoms with E-state index in [2.05, 4.69) is 22.0 Å². The molecule has 1 aliphatic carbocycles. The van der Waals surface area contributed by atoms with Gasteiger partial charge in [-0.2, -0.15) is 0 Å². The smallest absolute Gasteiger partial charge is 0.213 e. The van der Waals surface area contributed by atoms with Crippen LogP contribution in [0, 0.1) is 5.92 Å². The van der Waals surface area contributed by atoms with Gasteiger partial charge in [0, 0.05) is 6.04 Å². The molecule has 0 atom stereocenters. The molecule has 0 spiro atoms. The van der Waals surface area contributed by atoms with Crippen LogP contribution in [0.1, 0.15) is 32.6 Å². The third-order valence-electron chi connectivity index (χ3n) is 4.35. The molecule has 120 valence electrons. The topological polar surface area (TPSA) is 76.9 Å². The van der Waals surface area contributed by atoms with E-state index in [4.69, 9.17) is 0 Å². The van der Waals surface area contributed by atoms with Gasteiger partial charge in [0.05, 0.1) is 17.8 Å². The van der Waals surface area contributed by atoms with Crippen molar-refractivity contribution in [3.05, 3.63) is 24.3 Å². The molecule has 1 N–H and O–H groups in total. The van der Waals surface area contributed by atoms with Gasteiger partial charge < -0.3 is 0 Å². The van der Waals surface area contributed by atoms with Gasteiger partial charge in [-0.05, 0) is 43.7 Å². The molecule has 1 aliphatic rings. The minimum Gasteiger partial charge on any atom is -0.244 e. The molecular weight excluding hydrogens is 300 g/mol. The Morgan fingerprint density at radius 3 is 2.73 bits per heavy atom. The minimum atomic E-state index is -3.28. The van der Waals surface area contributed by atoms with Crippen molar-refractivity contribution in [3.8, 4) is 0 Å². The van der Waals surface area contributed by atoms with Gasteiger partial charge in [-0.3, -0.25) is 0 Å². The average molecular weight is 322 g/mol. The van der Waals surface area contributed by atoms with Crippen molar-refractivity contribution in [1.82, 2.24) is 19.7 Å². The van der Waals surface area contributed by atoms with Crippen LogP contribution in [0.2, 0.25) is 0 Å². The number of para-hydroxylation sites is 1. The molecular formula is C15H22N4O2S. The van der Waals surface area contributed by atoms with E-state index in [0.717, 1.165) is 36.7 Å². The molecule has 0 amide bonds. The fourth-order valence-corrected chi connectivity index (χ4v) is 4.25. The predicted octanol–water partition coefficient (Wildman–Crippen LogP) is 1.93. The SMILES string of the molecule is CC1CCC(NS(=O)(=O)CCn2nnc3ccccc32)CC1. The summed E-state index contributed by atoms with van der Waals surface area (Å²) in [5.74, 6) is 0.745. The molecule has 1 aromatic carbocycles. The van der Waals surface area contributed by atoms with Crippen LogP contribution < -0.4 is 4.72 Å². The molecule has 1 saturated carbocycles. The maximum Gasteiger partial charge on any atom is 0.213 e. The van der Waals surface area contributed by atoms with E-state index < -0.39 is 10.0 Å². The largest absolute Gasteiger partial charge is 0.244 e. The Morgan fingerprint density at radius 2 is 1.95 bits per heavy atom. The Balaban J connectivity index is 1.60. The zero-order valence-corrected chi connectivity index (χ0v) is 13.6. The number of sulfonamides is 1. The lowest BCUT2D eigenvalue weighted by molar-refractivity contribution is 0.332. The monoisotopic (exact) mass is 322 g/mol. The van der Waals surface area contributed by atoms with Gasteiger partial charge in [-0.15, -0.1) is 5.10 Å².